The number of carbonyl (C=O) groups excluding carboxylic acids is 1. The summed E-state index contributed by atoms with van der Waals surface area (Å²) in [7, 11) is 0. The maximum absolute atomic E-state index is 12.2. The molecule has 0 aliphatic heterocycles. The van der Waals surface area contributed by atoms with Crippen molar-refractivity contribution in [2.75, 3.05) is 0 Å². The third-order valence-electron chi connectivity index (χ3n) is 9.13. The first-order valence-electron chi connectivity index (χ1n) is 10.2. The van der Waals surface area contributed by atoms with Crippen LogP contribution in [0.15, 0.2) is 0 Å². The van der Waals surface area contributed by atoms with Gasteiger partial charge in [-0.3, -0.25) is 4.79 Å². The summed E-state index contributed by atoms with van der Waals surface area (Å²) in [6, 6.07) is 0.222. The predicted molar refractivity (Wildman–Crippen MR) is 95.3 cm³/mol. The van der Waals surface area contributed by atoms with Crippen molar-refractivity contribution in [2.24, 2.45) is 46.2 Å². The molecule has 0 radical (unpaired) electrons. The maximum Gasteiger partial charge on any atom is 0.133 e. The molecule has 0 saturated heterocycles. The van der Waals surface area contributed by atoms with E-state index in [-0.39, 0.29) is 23.5 Å². The molecule has 3 heteroatoms. The van der Waals surface area contributed by atoms with E-state index in [1.165, 1.54) is 19.3 Å². The molecule has 0 amide bonds. The second kappa shape index (κ2) is 5.54. The number of nitrogens with two attached hydrogens (primary N) is 1. The van der Waals surface area contributed by atoms with Crippen LogP contribution >= 0.6 is 0 Å². The molecule has 4 fully saturated rings. The van der Waals surface area contributed by atoms with Crippen LogP contribution in [0.2, 0.25) is 0 Å². The van der Waals surface area contributed by atoms with Crippen molar-refractivity contribution in [1.29, 1.82) is 0 Å². The number of aliphatic hydroxyl groups excluding tert-OH is 1. The van der Waals surface area contributed by atoms with Gasteiger partial charge in [0.1, 0.15) is 5.78 Å². The summed E-state index contributed by atoms with van der Waals surface area (Å²) in [6.07, 6.45) is 8.78. The number of hydrogen-bond acceptors (Lipinski definition) is 3. The number of aliphatic hydroxyl groups is 1. The highest BCUT2D eigenvalue weighted by atomic mass is 16.3. The van der Waals surface area contributed by atoms with Gasteiger partial charge in [0.2, 0.25) is 0 Å². The summed E-state index contributed by atoms with van der Waals surface area (Å²) < 4.78 is 0. The molecule has 4 saturated carbocycles. The summed E-state index contributed by atoms with van der Waals surface area (Å²) in [5.74, 6) is 3.22. The first kappa shape index (κ1) is 17.0. The molecule has 0 bridgehead atoms. The van der Waals surface area contributed by atoms with Gasteiger partial charge in [-0.15, -0.1) is 0 Å². The SMILES string of the molecule is CC(=O)[C@H]1CC[C@H]2[C@@H]3CCC4CC(O)CC[C@]4(C)[C@H]3C(N)C[C@]12C. The fraction of sp³-hybridized carbons (Fsp3) is 0.952. The van der Waals surface area contributed by atoms with Gasteiger partial charge < -0.3 is 10.8 Å². The molecule has 0 aromatic rings. The van der Waals surface area contributed by atoms with Crippen LogP contribution in [0.5, 0.6) is 0 Å². The topological polar surface area (TPSA) is 63.3 Å². The van der Waals surface area contributed by atoms with Crippen molar-refractivity contribution >= 4 is 5.78 Å². The molecule has 24 heavy (non-hydrogen) atoms. The average Bonchev–Trinajstić information content (AvgIpc) is 2.84. The molecule has 4 aliphatic carbocycles. The van der Waals surface area contributed by atoms with Crippen molar-refractivity contribution in [1.82, 2.24) is 0 Å². The molecule has 9 atom stereocenters. The van der Waals surface area contributed by atoms with Crippen molar-refractivity contribution in [3.63, 3.8) is 0 Å². The lowest BCUT2D eigenvalue weighted by atomic mass is 9.43. The zero-order chi connectivity index (χ0) is 17.3. The minimum absolute atomic E-state index is 0.0988. The molecular weight excluding hydrogens is 298 g/mol. The summed E-state index contributed by atoms with van der Waals surface area (Å²) in [6.45, 7) is 6.63. The third-order valence-corrected chi connectivity index (χ3v) is 9.13. The smallest absolute Gasteiger partial charge is 0.133 e. The monoisotopic (exact) mass is 333 g/mol. The molecule has 0 aromatic carbocycles. The van der Waals surface area contributed by atoms with Gasteiger partial charge in [-0.25, -0.2) is 0 Å². The highest BCUT2D eigenvalue weighted by Gasteiger charge is 2.63. The highest BCUT2D eigenvalue weighted by Crippen LogP contribution is 2.67. The van der Waals surface area contributed by atoms with Gasteiger partial charge >= 0.3 is 0 Å². The third kappa shape index (κ3) is 2.19. The second-order valence-electron chi connectivity index (χ2n) is 10.1. The molecule has 136 valence electrons. The largest absolute Gasteiger partial charge is 0.393 e. The average molecular weight is 334 g/mol. The fourth-order valence-corrected chi connectivity index (χ4v) is 8.17. The van der Waals surface area contributed by atoms with E-state index in [9.17, 15) is 9.90 Å². The van der Waals surface area contributed by atoms with E-state index in [0.717, 1.165) is 32.1 Å². The molecular formula is C21H35NO2. The first-order valence-corrected chi connectivity index (χ1v) is 10.2. The number of Topliss-reactive ketones (excluding diaryl/α,β-unsaturated/α-hetero) is 1. The Bertz CT molecular complexity index is 534. The first-order chi connectivity index (χ1) is 11.3. The lowest BCUT2D eigenvalue weighted by Gasteiger charge is -2.62. The zero-order valence-corrected chi connectivity index (χ0v) is 15.6. The number of rotatable bonds is 1. The molecule has 3 nitrogen and oxygen atoms in total. The molecule has 4 aliphatic rings. The molecule has 0 aromatic heterocycles. The van der Waals surface area contributed by atoms with E-state index in [2.05, 4.69) is 13.8 Å². The lowest BCUT2D eigenvalue weighted by Crippen LogP contribution is -2.61. The fourth-order valence-electron chi connectivity index (χ4n) is 8.17. The van der Waals surface area contributed by atoms with Crippen LogP contribution in [-0.2, 0) is 4.79 Å². The van der Waals surface area contributed by atoms with Crippen LogP contribution in [0, 0.1) is 40.4 Å². The minimum atomic E-state index is -0.0988. The van der Waals surface area contributed by atoms with Gasteiger partial charge in [-0.2, -0.15) is 0 Å². The van der Waals surface area contributed by atoms with Gasteiger partial charge in [0.15, 0.2) is 0 Å². The number of hydrogen-bond donors (Lipinski definition) is 2. The second-order valence-corrected chi connectivity index (χ2v) is 10.1. The van der Waals surface area contributed by atoms with E-state index < -0.39 is 0 Å². The van der Waals surface area contributed by atoms with E-state index in [0.29, 0.717) is 34.9 Å². The normalized spacial score (nSPS) is 57.0. The molecule has 0 heterocycles. The minimum Gasteiger partial charge on any atom is -0.393 e. The van der Waals surface area contributed by atoms with Crippen molar-refractivity contribution in [2.45, 2.75) is 84.3 Å². The van der Waals surface area contributed by atoms with Crippen LogP contribution < -0.4 is 5.73 Å². The van der Waals surface area contributed by atoms with E-state index in [4.69, 9.17) is 5.73 Å². The Morgan fingerprint density at radius 1 is 1.08 bits per heavy atom. The van der Waals surface area contributed by atoms with Gasteiger partial charge in [0.25, 0.3) is 0 Å². The molecule has 3 unspecified atom stereocenters. The maximum atomic E-state index is 12.2. The molecule has 3 N–H and O–H groups in total. The van der Waals surface area contributed by atoms with E-state index in [1.54, 1.807) is 6.92 Å². The number of carbonyl (C=O) groups is 1. The van der Waals surface area contributed by atoms with Crippen LogP contribution in [0.3, 0.4) is 0 Å². The van der Waals surface area contributed by atoms with Gasteiger partial charge in [0, 0.05) is 12.0 Å². The Balaban J connectivity index is 1.67. The molecule has 4 rings (SSSR count). The van der Waals surface area contributed by atoms with Crippen molar-refractivity contribution < 1.29 is 9.90 Å². The number of ketones is 1. The van der Waals surface area contributed by atoms with Crippen LogP contribution in [0.1, 0.15) is 72.1 Å². The van der Waals surface area contributed by atoms with Crippen LogP contribution in [0.25, 0.3) is 0 Å². The van der Waals surface area contributed by atoms with Crippen molar-refractivity contribution in [3.8, 4) is 0 Å². The van der Waals surface area contributed by atoms with E-state index >= 15 is 0 Å². The Morgan fingerprint density at radius 2 is 1.83 bits per heavy atom. The standard InChI is InChI=1S/C21H35NO2/c1-12(23)16-6-7-17-15-5-4-13-10-14(24)8-9-20(13,2)19(15)18(22)11-21(16,17)3/h13-19,24H,4-11,22H2,1-3H3/t13?,14?,15-,16+,17-,18?,19+,20-,21+/m0/s1. The Kier molecular flexibility index (Phi) is 3.93. The van der Waals surface area contributed by atoms with E-state index in [1.807, 2.05) is 0 Å². The van der Waals surface area contributed by atoms with Crippen LogP contribution in [0.4, 0.5) is 0 Å². The van der Waals surface area contributed by atoms with Gasteiger partial charge in [-0.05, 0) is 92.8 Å². The predicted octanol–water partition coefficient (Wildman–Crippen LogP) is 3.53. The molecule has 0 spiro atoms. The Morgan fingerprint density at radius 3 is 2.54 bits per heavy atom. The Labute approximate surface area is 146 Å². The van der Waals surface area contributed by atoms with Crippen molar-refractivity contribution in [3.05, 3.63) is 0 Å². The summed E-state index contributed by atoms with van der Waals surface area (Å²) in [5, 5.41) is 10.1. The summed E-state index contributed by atoms with van der Waals surface area (Å²) in [4.78, 5) is 12.2. The lowest BCUT2D eigenvalue weighted by molar-refractivity contribution is -0.143. The van der Waals surface area contributed by atoms with Crippen LogP contribution in [-0.4, -0.2) is 23.0 Å². The highest BCUT2D eigenvalue weighted by molar-refractivity contribution is 5.79. The number of fused-ring (bicyclic) bond motifs is 5. The quantitative estimate of drug-likeness (QED) is 0.771. The van der Waals surface area contributed by atoms with Gasteiger partial charge in [-0.1, -0.05) is 13.8 Å². The Hall–Kier alpha value is -0.410. The van der Waals surface area contributed by atoms with Gasteiger partial charge in [0.05, 0.1) is 6.10 Å². The summed E-state index contributed by atoms with van der Waals surface area (Å²) >= 11 is 0. The summed E-state index contributed by atoms with van der Waals surface area (Å²) in [5.41, 5.74) is 7.28. The zero-order valence-electron chi connectivity index (χ0n) is 15.6.